The zero-order valence-electron chi connectivity index (χ0n) is 11.8. The van der Waals surface area contributed by atoms with Gasteiger partial charge in [-0.3, -0.25) is 9.78 Å². The number of para-hydroxylation sites is 2. The largest absolute Gasteiger partial charge is 0.455 e. The molecule has 0 saturated carbocycles. The van der Waals surface area contributed by atoms with E-state index in [4.69, 9.17) is 4.74 Å². The summed E-state index contributed by atoms with van der Waals surface area (Å²) in [4.78, 5) is 16.4. The van der Waals surface area contributed by atoms with Gasteiger partial charge in [0.1, 0.15) is 5.75 Å². The first kappa shape index (κ1) is 13.8. The van der Waals surface area contributed by atoms with Gasteiger partial charge in [0.2, 0.25) is 0 Å². The molecule has 1 N–H and O–H groups in total. The van der Waals surface area contributed by atoms with Gasteiger partial charge in [0, 0.05) is 11.9 Å². The van der Waals surface area contributed by atoms with Gasteiger partial charge in [-0.15, -0.1) is 0 Å². The topological polar surface area (TPSA) is 51.2 Å². The number of hydrogen-bond acceptors (Lipinski definition) is 3. The van der Waals surface area contributed by atoms with Crippen molar-refractivity contribution in [1.29, 1.82) is 0 Å². The number of hydrogen-bond donors (Lipinski definition) is 1. The summed E-state index contributed by atoms with van der Waals surface area (Å²) in [7, 11) is 0. The molecule has 1 heterocycles. The molecule has 4 heteroatoms. The molecule has 0 radical (unpaired) electrons. The van der Waals surface area contributed by atoms with Crippen molar-refractivity contribution >= 4 is 11.6 Å². The molecule has 0 unspecified atom stereocenters. The van der Waals surface area contributed by atoms with Crippen molar-refractivity contribution in [3.8, 4) is 11.5 Å². The Morgan fingerprint density at radius 2 is 1.59 bits per heavy atom. The number of anilines is 1. The number of benzene rings is 2. The van der Waals surface area contributed by atoms with E-state index in [-0.39, 0.29) is 5.91 Å². The quantitative estimate of drug-likeness (QED) is 0.786. The monoisotopic (exact) mass is 290 g/mol. The second kappa shape index (κ2) is 6.54. The molecule has 0 aliphatic rings. The van der Waals surface area contributed by atoms with Gasteiger partial charge in [-0.05, 0) is 30.3 Å². The molecule has 0 aliphatic heterocycles. The number of carbonyl (C=O) groups excluding carboxylic acids is 1. The van der Waals surface area contributed by atoms with Crippen LogP contribution in [0, 0.1) is 0 Å². The predicted octanol–water partition coefficient (Wildman–Crippen LogP) is 4.13. The highest BCUT2D eigenvalue weighted by Gasteiger charge is 2.13. The number of nitrogens with zero attached hydrogens (tertiary/aromatic N) is 1. The highest BCUT2D eigenvalue weighted by Crippen LogP contribution is 2.24. The summed E-state index contributed by atoms with van der Waals surface area (Å²) in [6.07, 6.45) is 3.10. The number of pyridine rings is 1. The van der Waals surface area contributed by atoms with E-state index in [1.54, 1.807) is 12.3 Å². The van der Waals surface area contributed by atoms with Crippen molar-refractivity contribution < 1.29 is 9.53 Å². The Morgan fingerprint density at radius 1 is 0.909 bits per heavy atom. The van der Waals surface area contributed by atoms with Gasteiger partial charge in [0.15, 0.2) is 5.75 Å². The molecule has 2 aromatic carbocycles. The van der Waals surface area contributed by atoms with Gasteiger partial charge in [-0.2, -0.15) is 0 Å². The van der Waals surface area contributed by atoms with Crippen LogP contribution in [0.3, 0.4) is 0 Å². The Morgan fingerprint density at radius 3 is 2.32 bits per heavy atom. The van der Waals surface area contributed by atoms with Crippen molar-refractivity contribution in [2.45, 2.75) is 0 Å². The third-order valence-corrected chi connectivity index (χ3v) is 3.03. The Hall–Kier alpha value is -3.14. The molecule has 0 bridgehead atoms. The van der Waals surface area contributed by atoms with E-state index in [2.05, 4.69) is 10.3 Å². The molecule has 3 rings (SSSR count). The average molecular weight is 290 g/mol. The van der Waals surface area contributed by atoms with Crippen LogP contribution in [0.4, 0.5) is 5.69 Å². The molecule has 0 atom stereocenters. The van der Waals surface area contributed by atoms with Crippen LogP contribution >= 0.6 is 0 Å². The van der Waals surface area contributed by atoms with Crippen LogP contribution in [-0.4, -0.2) is 10.9 Å². The molecular formula is C18H14N2O2. The number of carbonyl (C=O) groups is 1. The number of ether oxygens (including phenoxy) is 1. The molecule has 0 fully saturated rings. The third-order valence-electron chi connectivity index (χ3n) is 3.03. The van der Waals surface area contributed by atoms with Crippen LogP contribution in [0.1, 0.15) is 10.4 Å². The van der Waals surface area contributed by atoms with Crippen molar-refractivity contribution in [3.63, 3.8) is 0 Å². The smallest absolute Gasteiger partial charge is 0.259 e. The molecule has 3 aromatic rings. The van der Waals surface area contributed by atoms with Crippen LogP contribution < -0.4 is 10.1 Å². The molecule has 4 nitrogen and oxygen atoms in total. The predicted molar refractivity (Wildman–Crippen MR) is 85.1 cm³/mol. The first-order chi connectivity index (χ1) is 10.8. The van der Waals surface area contributed by atoms with Gasteiger partial charge >= 0.3 is 0 Å². The normalized spacial score (nSPS) is 10.0. The van der Waals surface area contributed by atoms with Crippen LogP contribution in [0.5, 0.6) is 11.5 Å². The van der Waals surface area contributed by atoms with E-state index in [0.717, 1.165) is 5.69 Å². The van der Waals surface area contributed by atoms with Gasteiger partial charge in [-0.1, -0.05) is 36.4 Å². The fourth-order valence-corrected chi connectivity index (χ4v) is 1.98. The molecule has 0 aliphatic carbocycles. The van der Waals surface area contributed by atoms with E-state index in [9.17, 15) is 4.79 Å². The molecular weight excluding hydrogens is 276 g/mol. The summed E-state index contributed by atoms with van der Waals surface area (Å²) in [5.41, 5.74) is 1.16. The standard InChI is InChI=1S/C18H14N2O2/c21-18(20-14-7-3-1-4-8-14)16-11-12-19-13-17(16)22-15-9-5-2-6-10-15/h1-13H,(H,20,21). The minimum absolute atomic E-state index is 0.237. The van der Waals surface area contributed by atoms with E-state index in [0.29, 0.717) is 17.1 Å². The van der Waals surface area contributed by atoms with Gasteiger partial charge in [-0.25, -0.2) is 0 Å². The number of rotatable bonds is 4. The molecule has 0 spiro atoms. The molecule has 108 valence electrons. The average Bonchev–Trinajstić information content (AvgIpc) is 2.57. The minimum atomic E-state index is -0.237. The maximum absolute atomic E-state index is 12.4. The lowest BCUT2D eigenvalue weighted by Gasteiger charge is -2.10. The second-order valence-corrected chi connectivity index (χ2v) is 4.61. The van der Waals surface area contributed by atoms with Gasteiger partial charge < -0.3 is 10.1 Å². The van der Waals surface area contributed by atoms with E-state index in [1.165, 1.54) is 6.20 Å². The molecule has 0 saturated heterocycles. The molecule has 22 heavy (non-hydrogen) atoms. The Kier molecular flexibility index (Phi) is 4.11. The lowest BCUT2D eigenvalue weighted by Crippen LogP contribution is -2.13. The summed E-state index contributed by atoms with van der Waals surface area (Å²) in [6.45, 7) is 0. The maximum Gasteiger partial charge on any atom is 0.259 e. The summed E-state index contributed by atoms with van der Waals surface area (Å²) in [6, 6.07) is 20.2. The number of nitrogens with one attached hydrogen (secondary N) is 1. The highest BCUT2D eigenvalue weighted by atomic mass is 16.5. The lowest BCUT2D eigenvalue weighted by atomic mass is 10.2. The van der Waals surface area contributed by atoms with Gasteiger partial charge in [0.05, 0.1) is 11.8 Å². The third kappa shape index (κ3) is 3.30. The van der Waals surface area contributed by atoms with Gasteiger partial charge in [0.25, 0.3) is 5.91 Å². The van der Waals surface area contributed by atoms with E-state index < -0.39 is 0 Å². The summed E-state index contributed by atoms with van der Waals surface area (Å²) < 4.78 is 5.74. The summed E-state index contributed by atoms with van der Waals surface area (Å²) in [5.74, 6) is 0.839. The van der Waals surface area contributed by atoms with Crippen LogP contribution in [0.25, 0.3) is 0 Å². The highest BCUT2D eigenvalue weighted by molar-refractivity contribution is 6.06. The summed E-state index contributed by atoms with van der Waals surface area (Å²) >= 11 is 0. The molecule has 1 amide bonds. The van der Waals surface area contributed by atoms with Crippen LogP contribution in [0.2, 0.25) is 0 Å². The Bertz CT molecular complexity index is 758. The van der Waals surface area contributed by atoms with Crippen molar-refractivity contribution in [3.05, 3.63) is 84.7 Å². The van der Waals surface area contributed by atoms with E-state index >= 15 is 0 Å². The fourth-order valence-electron chi connectivity index (χ4n) is 1.98. The van der Waals surface area contributed by atoms with Crippen LogP contribution in [0.15, 0.2) is 79.1 Å². The van der Waals surface area contributed by atoms with Crippen molar-refractivity contribution in [2.24, 2.45) is 0 Å². The van der Waals surface area contributed by atoms with E-state index in [1.807, 2.05) is 60.7 Å². The second-order valence-electron chi connectivity index (χ2n) is 4.61. The first-order valence-electron chi connectivity index (χ1n) is 6.86. The fraction of sp³-hybridized carbons (Fsp3) is 0. The Labute approximate surface area is 128 Å². The van der Waals surface area contributed by atoms with Crippen molar-refractivity contribution in [2.75, 3.05) is 5.32 Å². The van der Waals surface area contributed by atoms with Crippen molar-refractivity contribution in [1.82, 2.24) is 4.98 Å². The zero-order valence-corrected chi connectivity index (χ0v) is 11.8. The summed E-state index contributed by atoms with van der Waals surface area (Å²) in [5, 5.41) is 2.84. The van der Waals surface area contributed by atoms with Crippen LogP contribution in [-0.2, 0) is 0 Å². The lowest BCUT2D eigenvalue weighted by molar-refractivity contribution is 0.102. The zero-order chi connectivity index (χ0) is 15.2. The maximum atomic E-state index is 12.4. The Balaban J connectivity index is 1.83. The number of amides is 1. The first-order valence-corrected chi connectivity index (χ1v) is 6.86. The number of aromatic nitrogens is 1. The molecule has 1 aromatic heterocycles. The SMILES string of the molecule is O=C(Nc1ccccc1)c1ccncc1Oc1ccccc1. The minimum Gasteiger partial charge on any atom is -0.455 e.